The highest BCUT2D eigenvalue weighted by molar-refractivity contribution is 7.93. The molecule has 0 aromatic heterocycles. The van der Waals surface area contributed by atoms with Crippen LogP contribution in [0.3, 0.4) is 0 Å². The second-order valence-electron chi connectivity index (χ2n) is 5.48. The highest BCUT2D eigenvalue weighted by Gasteiger charge is 2.34. The summed E-state index contributed by atoms with van der Waals surface area (Å²) >= 11 is 0. The summed E-state index contributed by atoms with van der Waals surface area (Å²) in [7, 11) is -3.47. The predicted molar refractivity (Wildman–Crippen MR) is 94.0 cm³/mol. The van der Waals surface area contributed by atoms with Gasteiger partial charge in [-0.05, 0) is 23.1 Å². The van der Waals surface area contributed by atoms with E-state index in [9.17, 15) is 8.42 Å². The normalized spacial score (nSPS) is 15.6. The number of rotatable bonds is 3. The zero-order valence-electron chi connectivity index (χ0n) is 12.4. The van der Waals surface area contributed by atoms with Crippen molar-refractivity contribution in [3.63, 3.8) is 0 Å². The summed E-state index contributed by atoms with van der Waals surface area (Å²) in [5.74, 6) is 0. The van der Waals surface area contributed by atoms with E-state index >= 15 is 0 Å². The van der Waals surface area contributed by atoms with Crippen LogP contribution in [0.1, 0.15) is 5.56 Å². The standard InChI is InChI=1S/C19H15NO2S/c21-23(22)18-13-5-11-16-10-4-12-17(19(16)18)20(23)14-6-9-15-7-2-1-3-8-15/h1-13H,14H2. The summed E-state index contributed by atoms with van der Waals surface area (Å²) in [5.41, 5.74) is 1.82. The second-order valence-corrected chi connectivity index (χ2v) is 7.31. The van der Waals surface area contributed by atoms with Crippen LogP contribution in [0, 0.1) is 0 Å². The van der Waals surface area contributed by atoms with Gasteiger partial charge in [-0.2, -0.15) is 0 Å². The molecule has 0 saturated heterocycles. The third-order valence-electron chi connectivity index (χ3n) is 4.06. The van der Waals surface area contributed by atoms with Crippen molar-refractivity contribution in [1.29, 1.82) is 0 Å². The number of benzene rings is 3. The third kappa shape index (κ3) is 2.23. The monoisotopic (exact) mass is 321 g/mol. The number of nitrogens with zero attached hydrogens (tertiary/aromatic N) is 1. The Morgan fingerprint density at radius 1 is 0.870 bits per heavy atom. The summed E-state index contributed by atoms with van der Waals surface area (Å²) in [4.78, 5) is 0.402. The van der Waals surface area contributed by atoms with Gasteiger partial charge in [0.2, 0.25) is 0 Å². The number of hydrogen-bond donors (Lipinski definition) is 0. The summed E-state index contributed by atoms with van der Waals surface area (Å²) in [5, 5.41) is 1.78. The topological polar surface area (TPSA) is 37.4 Å². The van der Waals surface area contributed by atoms with Gasteiger partial charge < -0.3 is 0 Å². The van der Waals surface area contributed by atoms with Crippen LogP contribution in [0.25, 0.3) is 16.8 Å². The van der Waals surface area contributed by atoms with E-state index in [-0.39, 0.29) is 0 Å². The first kappa shape index (κ1) is 14.0. The molecule has 3 nitrogen and oxygen atoms in total. The minimum atomic E-state index is -3.47. The van der Waals surface area contributed by atoms with Gasteiger partial charge in [-0.3, -0.25) is 4.31 Å². The molecule has 1 aliphatic heterocycles. The fourth-order valence-electron chi connectivity index (χ4n) is 3.00. The summed E-state index contributed by atoms with van der Waals surface area (Å²) in [6, 6.07) is 21.0. The van der Waals surface area contributed by atoms with Gasteiger partial charge in [-0.1, -0.05) is 66.7 Å². The molecule has 0 saturated carbocycles. The molecular formula is C19H15NO2S. The lowest BCUT2D eigenvalue weighted by Gasteiger charge is -2.16. The predicted octanol–water partition coefficient (Wildman–Crippen LogP) is 4.06. The highest BCUT2D eigenvalue weighted by atomic mass is 32.2. The first-order valence-corrected chi connectivity index (χ1v) is 8.88. The van der Waals surface area contributed by atoms with Crippen molar-refractivity contribution >= 4 is 32.6 Å². The van der Waals surface area contributed by atoms with Crippen LogP contribution >= 0.6 is 0 Å². The van der Waals surface area contributed by atoms with Crippen LogP contribution in [0.5, 0.6) is 0 Å². The van der Waals surface area contributed by atoms with E-state index in [2.05, 4.69) is 0 Å². The van der Waals surface area contributed by atoms with E-state index in [1.54, 1.807) is 12.1 Å². The van der Waals surface area contributed by atoms with Crippen molar-refractivity contribution in [3.8, 4) is 0 Å². The molecule has 23 heavy (non-hydrogen) atoms. The first-order valence-electron chi connectivity index (χ1n) is 7.44. The molecule has 3 aromatic rings. The Morgan fingerprint density at radius 3 is 2.39 bits per heavy atom. The molecule has 1 aliphatic rings. The molecule has 0 fully saturated rings. The van der Waals surface area contributed by atoms with Crippen molar-refractivity contribution in [3.05, 3.63) is 78.4 Å². The molecule has 4 heteroatoms. The van der Waals surface area contributed by atoms with Crippen LogP contribution < -0.4 is 4.31 Å². The highest BCUT2D eigenvalue weighted by Crippen LogP contribution is 2.41. The lowest BCUT2D eigenvalue weighted by Crippen LogP contribution is -2.27. The molecule has 0 N–H and O–H groups in total. The molecule has 0 spiro atoms. The number of sulfonamides is 1. The van der Waals surface area contributed by atoms with Gasteiger partial charge in [0.1, 0.15) is 0 Å². The quantitative estimate of drug-likeness (QED) is 0.729. The van der Waals surface area contributed by atoms with Gasteiger partial charge in [0.15, 0.2) is 0 Å². The first-order chi connectivity index (χ1) is 11.2. The van der Waals surface area contributed by atoms with E-state index in [4.69, 9.17) is 0 Å². The van der Waals surface area contributed by atoms with Crippen LogP contribution in [0.2, 0.25) is 0 Å². The zero-order chi connectivity index (χ0) is 15.9. The Morgan fingerprint density at radius 2 is 1.61 bits per heavy atom. The van der Waals surface area contributed by atoms with Crippen LogP contribution in [0.15, 0.2) is 77.7 Å². The van der Waals surface area contributed by atoms with Crippen LogP contribution in [0.4, 0.5) is 5.69 Å². The van der Waals surface area contributed by atoms with Gasteiger partial charge in [0.05, 0.1) is 17.1 Å². The van der Waals surface area contributed by atoms with Crippen LogP contribution in [-0.4, -0.2) is 15.0 Å². The Kier molecular flexibility index (Phi) is 3.20. The van der Waals surface area contributed by atoms with Crippen molar-refractivity contribution < 1.29 is 8.42 Å². The summed E-state index contributed by atoms with van der Waals surface area (Å²) < 4.78 is 27.1. The molecular weight excluding hydrogens is 306 g/mol. The third-order valence-corrected chi connectivity index (χ3v) is 5.88. The minimum absolute atomic E-state index is 0.324. The molecule has 0 atom stereocenters. The zero-order valence-corrected chi connectivity index (χ0v) is 13.2. The molecule has 114 valence electrons. The number of hydrogen-bond acceptors (Lipinski definition) is 2. The van der Waals surface area contributed by atoms with E-state index in [1.807, 2.05) is 66.7 Å². The number of anilines is 1. The maximum atomic E-state index is 12.8. The Hall–Kier alpha value is -2.59. The van der Waals surface area contributed by atoms with Crippen molar-refractivity contribution in [1.82, 2.24) is 0 Å². The summed E-state index contributed by atoms with van der Waals surface area (Å²) in [6.07, 6.45) is 3.83. The molecule has 0 unspecified atom stereocenters. The molecule has 3 aromatic carbocycles. The summed E-state index contributed by atoms with van der Waals surface area (Å²) in [6.45, 7) is 0.324. The molecule has 0 radical (unpaired) electrons. The lowest BCUT2D eigenvalue weighted by molar-refractivity contribution is 0.595. The fourth-order valence-corrected chi connectivity index (χ4v) is 4.67. The minimum Gasteiger partial charge on any atom is -0.262 e. The van der Waals surface area contributed by atoms with Crippen molar-refractivity contribution in [2.45, 2.75) is 4.90 Å². The molecule has 0 aliphatic carbocycles. The van der Waals surface area contributed by atoms with Gasteiger partial charge in [0.25, 0.3) is 10.0 Å². The average molecular weight is 321 g/mol. The second kappa shape index (κ2) is 5.25. The molecule has 0 bridgehead atoms. The van der Waals surface area contributed by atoms with Crippen LogP contribution in [-0.2, 0) is 10.0 Å². The largest absolute Gasteiger partial charge is 0.265 e. The van der Waals surface area contributed by atoms with Crippen molar-refractivity contribution in [2.75, 3.05) is 10.8 Å². The van der Waals surface area contributed by atoms with Gasteiger partial charge in [-0.15, -0.1) is 0 Å². The lowest BCUT2D eigenvalue weighted by atomic mass is 10.1. The van der Waals surface area contributed by atoms with Gasteiger partial charge in [-0.25, -0.2) is 8.42 Å². The Labute approximate surface area is 135 Å². The maximum Gasteiger partial charge on any atom is 0.265 e. The SMILES string of the molecule is O=S1(=O)c2cccc3cccc(c23)N1CC=Cc1ccccc1. The van der Waals surface area contributed by atoms with E-state index < -0.39 is 10.0 Å². The molecule has 4 rings (SSSR count). The van der Waals surface area contributed by atoms with Crippen molar-refractivity contribution in [2.24, 2.45) is 0 Å². The Balaban J connectivity index is 1.73. The van der Waals surface area contributed by atoms with Gasteiger partial charge in [0, 0.05) is 5.39 Å². The molecule has 0 amide bonds. The van der Waals surface area contributed by atoms with E-state index in [0.29, 0.717) is 11.4 Å². The molecule has 1 heterocycles. The fraction of sp³-hybridized carbons (Fsp3) is 0.0526. The van der Waals surface area contributed by atoms with Gasteiger partial charge >= 0.3 is 0 Å². The van der Waals surface area contributed by atoms with E-state index in [0.717, 1.165) is 22.0 Å². The average Bonchev–Trinajstić information content (AvgIpc) is 2.79. The van der Waals surface area contributed by atoms with E-state index in [1.165, 1.54) is 4.31 Å². The Bertz CT molecular complexity index is 1000. The smallest absolute Gasteiger partial charge is 0.262 e. The maximum absolute atomic E-state index is 12.8.